The van der Waals surface area contributed by atoms with E-state index in [-0.39, 0.29) is 5.92 Å². The molecule has 0 saturated heterocycles. The van der Waals surface area contributed by atoms with Gasteiger partial charge in [-0.3, -0.25) is 0 Å². The van der Waals surface area contributed by atoms with Crippen LogP contribution in [0.4, 0.5) is 0 Å². The molecule has 0 bridgehead atoms. The molecule has 0 radical (unpaired) electrons. The molecule has 2 heteroatoms. The summed E-state index contributed by atoms with van der Waals surface area (Å²) in [5, 5.41) is 11.3. The normalized spacial score (nSPS) is 17.9. The summed E-state index contributed by atoms with van der Waals surface area (Å²) in [7, 11) is 0. The van der Waals surface area contributed by atoms with Gasteiger partial charge in [0.2, 0.25) is 0 Å². The number of carboxylic acid groups (broad SMARTS) is 1. The lowest BCUT2D eigenvalue weighted by atomic mass is 9.90. The van der Waals surface area contributed by atoms with Crippen molar-refractivity contribution >= 4 is 11.5 Å². The van der Waals surface area contributed by atoms with Crippen molar-refractivity contribution in [2.75, 3.05) is 0 Å². The second-order valence-corrected chi connectivity index (χ2v) is 4.67. The number of allylic oxidation sites excluding steroid dienone is 1. The Labute approximate surface area is 102 Å². The van der Waals surface area contributed by atoms with Crippen molar-refractivity contribution in [1.29, 1.82) is 0 Å². The molecule has 1 aliphatic carbocycles. The molecule has 1 aliphatic rings. The molecule has 17 heavy (non-hydrogen) atoms. The number of rotatable bonds is 3. The van der Waals surface area contributed by atoms with Gasteiger partial charge in [-0.05, 0) is 42.4 Å². The highest BCUT2D eigenvalue weighted by Gasteiger charge is 2.22. The van der Waals surface area contributed by atoms with E-state index >= 15 is 0 Å². The van der Waals surface area contributed by atoms with E-state index in [0.29, 0.717) is 5.57 Å². The Kier molecular flexibility index (Phi) is 3.62. The fourth-order valence-electron chi connectivity index (χ4n) is 2.68. The highest BCUT2D eigenvalue weighted by Crippen LogP contribution is 2.34. The monoisotopic (exact) mass is 229 g/mol. The zero-order chi connectivity index (χ0) is 12.3. The number of carbonyl (C=O) groups excluding carboxylic acids is 1. The van der Waals surface area contributed by atoms with Crippen molar-refractivity contribution in [3.63, 3.8) is 0 Å². The number of carbonyl (C=O) groups is 1. The van der Waals surface area contributed by atoms with Crippen LogP contribution < -0.4 is 5.11 Å². The average molecular weight is 229 g/mol. The Hall–Kier alpha value is -1.57. The standard InChI is InChI=1S/C15H18O2/c1-11(12-7-3-2-4-8-12)14(15(16)17)13-9-5-6-10-13/h2-4,7-8,13H,5-6,9-10H2,1H3,(H,16,17)/p-1/b14-11+. The van der Waals surface area contributed by atoms with Gasteiger partial charge >= 0.3 is 0 Å². The van der Waals surface area contributed by atoms with E-state index in [0.717, 1.165) is 36.8 Å². The first kappa shape index (κ1) is 11.9. The minimum Gasteiger partial charge on any atom is -0.545 e. The quantitative estimate of drug-likeness (QED) is 0.747. The number of hydrogen-bond acceptors (Lipinski definition) is 2. The zero-order valence-corrected chi connectivity index (χ0v) is 10.1. The maximum Gasteiger partial charge on any atom is 0.0680 e. The van der Waals surface area contributed by atoms with Crippen LogP contribution >= 0.6 is 0 Å². The largest absolute Gasteiger partial charge is 0.545 e. The highest BCUT2D eigenvalue weighted by atomic mass is 16.4. The second-order valence-electron chi connectivity index (χ2n) is 4.67. The molecule has 0 aliphatic heterocycles. The molecule has 1 aromatic carbocycles. The molecule has 1 saturated carbocycles. The van der Waals surface area contributed by atoms with E-state index in [1.807, 2.05) is 37.3 Å². The molecule has 1 fully saturated rings. The van der Waals surface area contributed by atoms with E-state index in [1.54, 1.807) is 0 Å². The van der Waals surface area contributed by atoms with Gasteiger partial charge in [0.1, 0.15) is 0 Å². The van der Waals surface area contributed by atoms with Crippen molar-refractivity contribution < 1.29 is 9.90 Å². The van der Waals surface area contributed by atoms with Gasteiger partial charge in [-0.2, -0.15) is 0 Å². The molecule has 90 valence electrons. The molecule has 0 heterocycles. The van der Waals surface area contributed by atoms with Gasteiger partial charge in [-0.25, -0.2) is 0 Å². The summed E-state index contributed by atoms with van der Waals surface area (Å²) >= 11 is 0. The van der Waals surface area contributed by atoms with E-state index in [9.17, 15) is 9.90 Å². The Morgan fingerprint density at radius 1 is 1.18 bits per heavy atom. The van der Waals surface area contributed by atoms with Crippen molar-refractivity contribution in [3.8, 4) is 0 Å². The van der Waals surface area contributed by atoms with Gasteiger partial charge < -0.3 is 9.90 Å². The molecule has 0 unspecified atom stereocenters. The van der Waals surface area contributed by atoms with Crippen LogP contribution in [0, 0.1) is 5.92 Å². The maximum absolute atomic E-state index is 11.3. The Morgan fingerprint density at radius 3 is 2.29 bits per heavy atom. The molecule has 2 nitrogen and oxygen atoms in total. The SMILES string of the molecule is C/C(=C(\C(=O)[O-])C1CCCC1)c1ccccc1. The van der Waals surface area contributed by atoms with Gasteiger partial charge in [0, 0.05) is 0 Å². The van der Waals surface area contributed by atoms with E-state index < -0.39 is 5.97 Å². The summed E-state index contributed by atoms with van der Waals surface area (Å²) in [6.07, 6.45) is 4.22. The van der Waals surface area contributed by atoms with E-state index in [1.165, 1.54) is 0 Å². The van der Waals surface area contributed by atoms with E-state index in [4.69, 9.17) is 0 Å². The summed E-state index contributed by atoms with van der Waals surface area (Å²) < 4.78 is 0. The third-order valence-electron chi connectivity index (χ3n) is 3.59. The number of hydrogen-bond donors (Lipinski definition) is 0. The lowest BCUT2D eigenvalue weighted by Gasteiger charge is -2.19. The molecule has 0 aromatic heterocycles. The summed E-state index contributed by atoms with van der Waals surface area (Å²) in [4.78, 5) is 11.3. The second kappa shape index (κ2) is 5.17. The molecule has 0 amide bonds. The number of aliphatic carboxylic acids is 1. The minimum absolute atomic E-state index is 0.181. The van der Waals surface area contributed by atoms with Crippen LogP contribution in [0.25, 0.3) is 5.57 Å². The van der Waals surface area contributed by atoms with Crippen molar-refractivity contribution in [3.05, 3.63) is 41.5 Å². The highest BCUT2D eigenvalue weighted by molar-refractivity contribution is 5.95. The van der Waals surface area contributed by atoms with Crippen molar-refractivity contribution in [2.24, 2.45) is 5.92 Å². The van der Waals surface area contributed by atoms with Crippen LogP contribution in [-0.4, -0.2) is 5.97 Å². The van der Waals surface area contributed by atoms with Crippen molar-refractivity contribution in [2.45, 2.75) is 32.6 Å². The maximum atomic E-state index is 11.3. The first-order chi connectivity index (χ1) is 8.20. The molecule has 1 aromatic rings. The fourth-order valence-corrected chi connectivity index (χ4v) is 2.68. The van der Waals surface area contributed by atoms with Crippen LogP contribution in [-0.2, 0) is 4.79 Å². The smallest absolute Gasteiger partial charge is 0.0680 e. The Bertz CT molecular complexity index is 425. The summed E-state index contributed by atoms with van der Waals surface area (Å²) in [5.41, 5.74) is 2.35. The molecule has 2 rings (SSSR count). The first-order valence-corrected chi connectivity index (χ1v) is 6.17. The van der Waals surface area contributed by atoms with E-state index in [2.05, 4.69) is 0 Å². The van der Waals surface area contributed by atoms with Gasteiger partial charge in [-0.1, -0.05) is 43.2 Å². The molecule has 0 atom stereocenters. The summed E-state index contributed by atoms with van der Waals surface area (Å²) in [6.45, 7) is 1.89. The number of carboxylic acids is 1. The van der Waals surface area contributed by atoms with Gasteiger partial charge in [0.05, 0.1) is 5.97 Å². The summed E-state index contributed by atoms with van der Waals surface area (Å²) in [6, 6.07) is 9.70. The van der Waals surface area contributed by atoms with Gasteiger partial charge in [-0.15, -0.1) is 0 Å². The third-order valence-corrected chi connectivity index (χ3v) is 3.59. The minimum atomic E-state index is -1.00. The lowest BCUT2D eigenvalue weighted by Crippen LogP contribution is -2.28. The zero-order valence-electron chi connectivity index (χ0n) is 10.1. The predicted octanol–water partition coefficient (Wildman–Crippen LogP) is 2.40. The van der Waals surface area contributed by atoms with Crippen LogP contribution in [0.2, 0.25) is 0 Å². The van der Waals surface area contributed by atoms with Crippen LogP contribution in [0.5, 0.6) is 0 Å². The van der Waals surface area contributed by atoms with Crippen LogP contribution in [0.1, 0.15) is 38.2 Å². The Morgan fingerprint density at radius 2 is 1.76 bits per heavy atom. The lowest BCUT2D eigenvalue weighted by molar-refractivity contribution is -0.299. The molecular formula is C15H17O2-. The topological polar surface area (TPSA) is 40.1 Å². The molecule has 0 spiro atoms. The van der Waals surface area contributed by atoms with Crippen molar-refractivity contribution in [1.82, 2.24) is 0 Å². The fraction of sp³-hybridized carbons (Fsp3) is 0.400. The summed E-state index contributed by atoms with van der Waals surface area (Å²) in [5.74, 6) is -0.821. The van der Waals surface area contributed by atoms with Gasteiger partial charge in [0.25, 0.3) is 0 Å². The Balaban J connectivity index is 2.40. The first-order valence-electron chi connectivity index (χ1n) is 6.17. The van der Waals surface area contributed by atoms with Crippen LogP contribution in [0.15, 0.2) is 35.9 Å². The predicted molar refractivity (Wildman–Crippen MR) is 66.0 cm³/mol. The van der Waals surface area contributed by atoms with Crippen LogP contribution in [0.3, 0.4) is 0 Å². The molecule has 0 N–H and O–H groups in total. The van der Waals surface area contributed by atoms with Gasteiger partial charge in [0.15, 0.2) is 0 Å². The molecular weight excluding hydrogens is 212 g/mol. The number of benzene rings is 1. The third kappa shape index (κ3) is 2.57. The average Bonchev–Trinajstić information content (AvgIpc) is 2.83.